The number of nitrogens with zero attached hydrogens (tertiary/aromatic N) is 2. The second kappa shape index (κ2) is 7.12. The standard InChI is InChI=1S/C14H17F2N3O/c1-20-7-5-17-9-13-4-6-19(18-13)10-11-8-12(15)2-3-14(11)16/h2-4,6,8,17H,5,7,9-10H2,1H3. The van der Waals surface area contributed by atoms with Gasteiger partial charge in [0, 0.05) is 32.0 Å². The van der Waals surface area contributed by atoms with Crippen LogP contribution in [-0.2, 0) is 17.8 Å². The Kier molecular flexibility index (Phi) is 5.20. The smallest absolute Gasteiger partial charge is 0.128 e. The minimum atomic E-state index is -0.449. The molecule has 6 heteroatoms. The quantitative estimate of drug-likeness (QED) is 0.788. The summed E-state index contributed by atoms with van der Waals surface area (Å²) in [6.45, 7) is 2.20. The third kappa shape index (κ3) is 4.11. The second-order valence-corrected chi connectivity index (χ2v) is 4.41. The normalized spacial score (nSPS) is 10.9. The summed E-state index contributed by atoms with van der Waals surface area (Å²) in [7, 11) is 1.64. The average molecular weight is 281 g/mol. The summed E-state index contributed by atoms with van der Waals surface area (Å²) in [5.41, 5.74) is 1.13. The summed E-state index contributed by atoms with van der Waals surface area (Å²) >= 11 is 0. The zero-order valence-electron chi connectivity index (χ0n) is 11.3. The lowest BCUT2D eigenvalue weighted by molar-refractivity contribution is 0.199. The number of nitrogens with one attached hydrogen (secondary N) is 1. The number of rotatable bonds is 7. The van der Waals surface area contributed by atoms with Crippen LogP contribution in [0.15, 0.2) is 30.5 Å². The van der Waals surface area contributed by atoms with Gasteiger partial charge in [-0.05, 0) is 24.3 Å². The molecule has 0 aliphatic heterocycles. The van der Waals surface area contributed by atoms with Crippen molar-refractivity contribution >= 4 is 0 Å². The third-order valence-electron chi connectivity index (χ3n) is 2.83. The maximum atomic E-state index is 13.5. The average Bonchev–Trinajstić information content (AvgIpc) is 2.87. The Morgan fingerprint density at radius 2 is 2.15 bits per heavy atom. The largest absolute Gasteiger partial charge is 0.383 e. The van der Waals surface area contributed by atoms with Gasteiger partial charge in [-0.1, -0.05) is 0 Å². The van der Waals surface area contributed by atoms with Gasteiger partial charge >= 0.3 is 0 Å². The van der Waals surface area contributed by atoms with E-state index in [0.717, 1.165) is 24.4 Å². The van der Waals surface area contributed by atoms with Gasteiger partial charge in [0.15, 0.2) is 0 Å². The van der Waals surface area contributed by atoms with Crippen molar-refractivity contribution < 1.29 is 13.5 Å². The number of methoxy groups -OCH3 is 1. The molecule has 1 N–H and O–H groups in total. The summed E-state index contributed by atoms with van der Waals surface area (Å²) in [4.78, 5) is 0. The summed E-state index contributed by atoms with van der Waals surface area (Å²) < 4.78 is 33.1. The molecular weight excluding hydrogens is 264 g/mol. The van der Waals surface area contributed by atoms with Crippen LogP contribution in [0.5, 0.6) is 0 Å². The van der Waals surface area contributed by atoms with E-state index < -0.39 is 11.6 Å². The van der Waals surface area contributed by atoms with Crippen LogP contribution in [0.2, 0.25) is 0 Å². The lowest BCUT2D eigenvalue weighted by Gasteiger charge is -2.04. The fraction of sp³-hybridized carbons (Fsp3) is 0.357. The van der Waals surface area contributed by atoms with Gasteiger partial charge in [0.1, 0.15) is 11.6 Å². The molecule has 4 nitrogen and oxygen atoms in total. The van der Waals surface area contributed by atoms with E-state index in [9.17, 15) is 8.78 Å². The number of hydrogen-bond donors (Lipinski definition) is 1. The van der Waals surface area contributed by atoms with Crippen molar-refractivity contribution in [2.45, 2.75) is 13.1 Å². The van der Waals surface area contributed by atoms with Gasteiger partial charge in [-0.25, -0.2) is 8.78 Å². The molecule has 0 saturated heterocycles. The first-order chi connectivity index (χ1) is 9.69. The monoisotopic (exact) mass is 281 g/mol. The molecule has 0 fully saturated rings. The number of aromatic nitrogens is 2. The van der Waals surface area contributed by atoms with Gasteiger partial charge in [0.25, 0.3) is 0 Å². The molecule has 0 spiro atoms. The van der Waals surface area contributed by atoms with Crippen molar-refractivity contribution in [3.05, 3.63) is 53.4 Å². The summed E-state index contributed by atoms with van der Waals surface area (Å²) in [6, 6.07) is 5.26. The van der Waals surface area contributed by atoms with Crippen LogP contribution in [0.25, 0.3) is 0 Å². The molecule has 2 aromatic rings. The van der Waals surface area contributed by atoms with Crippen LogP contribution in [0.4, 0.5) is 8.78 Å². The number of halogens is 2. The zero-order chi connectivity index (χ0) is 14.4. The minimum Gasteiger partial charge on any atom is -0.383 e. The molecule has 0 aliphatic rings. The van der Waals surface area contributed by atoms with Crippen molar-refractivity contribution in [1.82, 2.24) is 15.1 Å². The molecule has 1 aromatic heterocycles. The van der Waals surface area contributed by atoms with Gasteiger partial charge in [0.2, 0.25) is 0 Å². The minimum absolute atomic E-state index is 0.210. The maximum Gasteiger partial charge on any atom is 0.128 e. The summed E-state index contributed by atoms with van der Waals surface area (Å²) in [6.07, 6.45) is 1.75. The lowest BCUT2D eigenvalue weighted by atomic mass is 10.2. The van der Waals surface area contributed by atoms with Crippen LogP contribution < -0.4 is 5.32 Å². The number of hydrogen-bond acceptors (Lipinski definition) is 3. The molecular formula is C14H17F2N3O. The van der Waals surface area contributed by atoms with Gasteiger partial charge in [-0.15, -0.1) is 0 Å². The van der Waals surface area contributed by atoms with Crippen molar-refractivity contribution in [3.63, 3.8) is 0 Å². The van der Waals surface area contributed by atoms with Gasteiger partial charge in [-0.3, -0.25) is 4.68 Å². The summed E-state index contributed by atoms with van der Waals surface area (Å²) in [5, 5.41) is 7.46. The summed E-state index contributed by atoms with van der Waals surface area (Å²) in [5.74, 6) is -0.878. The van der Waals surface area contributed by atoms with Crippen LogP contribution in [0.1, 0.15) is 11.3 Å². The molecule has 1 aromatic carbocycles. The topological polar surface area (TPSA) is 39.1 Å². The first kappa shape index (κ1) is 14.6. The Morgan fingerprint density at radius 1 is 1.30 bits per heavy atom. The molecule has 0 aliphatic carbocycles. The Hall–Kier alpha value is -1.79. The van der Waals surface area contributed by atoms with Crippen LogP contribution in [0.3, 0.4) is 0 Å². The van der Waals surface area contributed by atoms with E-state index in [1.807, 2.05) is 6.07 Å². The number of ether oxygens (including phenoxy) is 1. The SMILES string of the molecule is COCCNCc1ccn(Cc2cc(F)ccc2F)n1. The first-order valence-electron chi connectivity index (χ1n) is 6.35. The van der Waals surface area contributed by atoms with E-state index in [1.54, 1.807) is 18.0 Å². The Morgan fingerprint density at radius 3 is 2.95 bits per heavy atom. The van der Waals surface area contributed by atoms with Crippen molar-refractivity contribution in [2.24, 2.45) is 0 Å². The van der Waals surface area contributed by atoms with E-state index in [-0.39, 0.29) is 12.1 Å². The van der Waals surface area contributed by atoms with E-state index in [4.69, 9.17) is 4.74 Å². The van der Waals surface area contributed by atoms with E-state index in [0.29, 0.717) is 13.2 Å². The zero-order valence-corrected chi connectivity index (χ0v) is 11.3. The Labute approximate surface area is 116 Å². The molecule has 0 saturated carbocycles. The fourth-order valence-electron chi connectivity index (χ4n) is 1.82. The highest BCUT2D eigenvalue weighted by molar-refractivity contribution is 5.19. The maximum absolute atomic E-state index is 13.5. The first-order valence-corrected chi connectivity index (χ1v) is 6.35. The molecule has 0 amide bonds. The van der Waals surface area contributed by atoms with Crippen molar-refractivity contribution in [3.8, 4) is 0 Å². The van der Waals surface area contributed by atoms with Gasteiger partial charge < -0.3 is 10.1 Å². The molecule has 0 unspecified atom stereocenters. The molecule has 20 heavy (non-hydrogen) atoms. The highest BCUT2D eigenvalue weighted by Gasteiger charge is 2.06. The van der Waals surface area contributed by atoms with E-state index in [1.165, 1.54) is 6.07 Å². The highest BCUT2D eigenvalue weighted by atomic mass is 19.1. The Balaban J connectivity index is 1.93. The lowest BCUT2D eigenvalue weighted by Crippen LogP contribution is -2.19. The molecule has 2 rings (SSSR count). The molecule has 0 bridgehead atoms. The van der Waals surface area contributed by atoms with Gasteiger partial charge in [0.05, 0.1) is 18.8 Å². The van der Waals surface area contributed by atoms with Crippen LogP contribution in [0, 0.1) is 11.6 Å². The molecule has 1 heterocycles. The highest BCUT2D eigenvalue weighted by Crippen LogP contribution is 2.11. The predicted molar refractivity (Wildman–Crippen MR) is 71.3 cm³/mol. The molecule has 108 valence electrons. The fourth-order valence-corrected chi connectivity index (χ4v) is 1.82. The molecule has 0 radical (unpaired) electrons. The predicted octanol–water partition coefficient (Wildman–Crippen LogP) is 1.95. The third-order valence-corrected chi connectivity index (χ3v) is 2.83. The molecule has 0 atom stereocenters. The van der Waals surface area contributed by atoms with E-state index >= 15 is 0 Å². The van der Waals surface area contributed by atoms with Crippen LogP contribution >= 0.6 is 0 Å². The van der Waals surface area contributed by atoms with Crippen LogP contribution in [-0.4, -0.2) is 30.0 Å². The van der Waals surface area contributed by atoms with Gasteiger partial charge in [-0.2, -0.15) is 5.10 Å². The number of benzene rings is 1. The Bertz CT molecular complexity index is 557. The van der Waals surface area contributed by atoms with E-state index in [2.05, 4.69) is 10.4 Å². The second-order valence-electron chi connectivity index (χ2n) is 4.41. The van der Waals surface area contributed by atoms with Crippen molar-refractivity contribution in [1.29, 1.82) is 0 Å². The van der Waals surface area contributed by atoms with Crippen molar-refractivity contribution in [2.75, 3.05) is 20.3 Å².